The van der Waals surface area contributed by atoms with Crippen molar-refractivity contribution in [3.8, 4) is 0 Å². The van der Waals surface area contributed by atoms with Crippen LogP contribution in [-0.2, 0) is 14.3 Å². The van der Waals surface area contributed by atoms with E-state index >= 15 is 0 Å². The molecule has 0 heterocycles. The molecule has 0 aliphatic heterocycles. The van der Waals surface area contributed by atoms with Gasteiger partial charge < -0.3 is 9.47 Å². The van der Waals surface area contributed by atoms with Gasteiger partial charge in [0.25, 0.3) is 0 Å². The Morgan fingerprint density at radius 2 is 2.00 bits per heavy atom. The first kappa shape index (κ1) is 16.2. The third kappa shape index (κ3) is 2.41. The second-order valence-electron chi connectivity index (χ2n) is 8.56. The highest BCUT2D eigenvalue weighted by molar-refractivity contribution is 5.90. The van der Waals surface area contributed by atoms with Gasteiger partial charge >= 0.3 is 6.16 Å². The first-order valence-electron chi connectivity index (χ1n) is 9.48. The lowest BCUT2D eigenvalue weighted by atomic mass is 9.51. The smallest absolute Gasteiger partial charge is 0.438 e. The van der Waals surface area contributed by atoms with Gasteiger partial charge in [-0.3, -0.25) is 4.79 Å². The standard InChI is InChI=1S/C20H28O4/c1-20-10-9-15-14-6-4-13(21)11-12(14)3-5-16(15)17(20)7-8-18(20)24-19(22)23-2/h4,6,12,14-18H,3,5,7-11H2,1-2H3/t12-,14-,15+,16+,17-,18-,20-/m0/s1. The summed E-state index contributed by atoms with van der Waals surface area (Å²) in [6.07, 6.45) is 11.1. The van der Waals surface area contributed by atoms with Gasteiger partial charge in [0.05, 0.1) is 7.11 Å². The van der Waals surface area contributed by atoms with Gasteiger partial charge in [-0.15, -0.1) is 0 Å². The normalized spacial score (nSPS) is 46.7. The maximum Gasteiger partial charge on any atom is 0.508 e. The molecule has 0 bridgehead atoms. The van der Waals surface area contributed by atoms with Crippen molar-refractivity contribution in [3.05, 3.63) is 12.2 Å². The Bertz CT molecular complexity index is 568. The number of carbonyl (C=O) groups excluding carboxylic acids is 2. The minimum Gasteiger partial charge on any atom is -0.438 e. The summed E-state index contributed by atoms with van der Waals surface area (Å²) in [4.78, 5) is 23.3. The summed E-state index contributed by atoms with van der Waals surface area (Å²) in [7, 11) is 1.38. The van der Waals surface area contributed by atoms with Crippen LogP contribution < -0.4 is 0 Å². The molecule has 3 saturated carbocycles. The lowest BCUT2D eigenvalue weighted by Crippen LogP contribution is -2.49. The topological polar surface area (TPSA) is 52.6 Å². The number of rotatable bonds is 1. The first-order valence-corrected chi connectivity index (χ1v) is 9.48. The Morgan fingerprint density at radius 3 is 2.79 bits per heavy atom. The van der Waals surface area contributed by atoms with Crippen LogP contribution in [0.3, 0.4) is 0 Å². The molecule has 0 aromatic rings. The van der Waals surface area contributed by atoms with Crippen LogP contribution in [0.5, 0.6) is 0 Å². The van der Waals surface area contributed by atoms with Crippen molar-refractivity contribution in [2.24, 2.45) is 35.0 Å². The van der Waals surface area contributed by atoms with Crippen molar-refractivity contribution in [2.75, 3.05) is 7.11 Å². The molecule has 3 fully saturated rings. The third-order valence-electron chi connectivity index (χ3n) is 7.69. The van der Waals surface area contributed by atoms with E-state index in [1.165, 1.54) is 26.4 Å². The summed E-state index contributed by atoms with van der Waals surface area (Å²) in [5.41, 5.74) is 0.0936. The summed E-state index contributed by atoms with van der Waals surface area (Å²) in [6.45, 7) is 2.32. The zero-order valence-electron chi connectivity index (χ0n) is 14.7. The number of allylic oxidation sites excluding steroid dienone is 2. The molecule has 0 aromatic heterocycles. The van der Waals surface area contributed by atoms with E-state index in [0.29, 0.717) is 35.4 Å². The second-order valence-corrected chi connectivity index (χ2v) is 8.56. The first-order chi connectivity index (χ1) is 11.5. The maximum atomic E-state index is 11.7. The van der Waals surface area contributed by atoms with Crippen LogP contribution in [-0.4, -0.2) is 25.2 Å². The fourth-order valence-electron chi connectivity index (χ4n) is 6.55. The van der Waals surface area contributed by atoms with E-state index in [1.54, 1.807) is 0 Å². The summed E-state index contributed by atoms with van der Waals surface area (Å²) in [5.74, 6) is 3.53. The Morgan fingerprint density at radius 1 is 1.17 bits per heavy atom. The van der Waals surface area contributed by atoms with Gasteiger partial charge in [-0.1, -0.05) is 13.0 Å². The van der Waals surface area contributed by atoms with Crippen molar-refractivity contribution in [3.63, 3.8) is 0 Å². The monoisotopic (exact) mass is 332 g/mol. The minimum absolute atomic E-state index is 0.00269. The Labute approximate surface area is 144 Å². The van der Waals surface area contributed by atoms with E-state index in [-0.39, 0.29) is 11.5 Å². The van der Waals surface area contributed by atoms with Crippen molar-refractivity contribution in [2.45, 2.75) is 58.0 Å². The predicted molar refractivity (Wildman–Crippen MR) is 89.3 cm³/mol. The van der Waals surface area contributed by atoms with E-state index in [4.69, 9.17) is 9.47 Å². The van der Waals surface area contributed by atoms with Gasteiger partial charge in [-0.2, -0.15) is 0 Å². The van der Waals surface area contributed by atoms with Gasteiger partial charge in [0.1, 0.15) is 6.10 Å². The molecule has 0 aromatic carbocycles. The highest BCUT2D eigenvalue weighted by atomic mass is 16.7. The lowest BCUT2D eigenvalue weighted by Gasteiger charge is -2.54. The quantitative estimate of drug-likeness (QED) is 0.677. The average Bonchev–Trinajstić information content (AvgIpc) is 2.90. The average molecular weight is 332 g/mol. The van der Waals surface area contributed by atoms with Gasteiger partial charge in [0.2, 0.25) is 0 Å². The molecule has 4 aliphatic carbocycles. The molecule has 0 N–H and O–H groups in total. The maximum absolute atomic E-state index is 11.7. The summed E-state index contributed by atoms with van der Waals surface area (Å²) in [5, 5.41) is 0. The number of ether oxygens (including phenoxy) is 2. The summed E-state index contributed by atoms with van der Waals surface area (Å²) in [6, 6.07) is 0. The minimum atomic E-state index is -0.540. The molecule has 24 heavy (non-hydrogen) atoms. The van der Waals surface area contributed by atoms with Crippen LogP contribution in [0.25, 0.3) is 0 Å². The second kappa shape index (κ2) is 5.89. The fraction of sp³-hybridized carbons (Fsp3) is 0.800. The van der Waals surface area contributed by atoms with Crippen LogP contribution in [0.2, 0.25) is 0 Å². The Hall–Kier alpha value is -1.32. The van der Waals surface area contributed by atoms with Crippen LogP contribution in [0, 0.1) is 35.0 Å². The molecule has 4 nitrogen and oxygen atoms in total. The van der Waals surface area contributed by atoms with Crippen LogP contribution in [0.4, 0.5) is 4.79 Å². The number of fused-ring (bicyclic) bond motifs is 5. The summed E-state index contributed by atoms with van der Waals surface area (Å²) >= 11 is 0. The van der Waals surface area contributed by atoms with E-state index in [2.05, 4.69) is 13.0 Å². The number of carbonyl (C=O) groups is 2. The molecule has 0 unspecified atom stereocenters. The van der Waals surface area contributed by atoms with Crippen LogP contribution >= 0.6 is 0 Å². The Balaban J connectivity index is 1.54. The number of ketones is 1. The highest BCUT2D eigenvalue weighted by Gasteiger charge is 2.57. The van der Waals surface area contributed by atoms with Crippen LogP contribution in [0.1, 0.15) is 51.9 Å². The number of methoxy groups -OCH3 is 1. The molecule has 0 radical (unpaired) electrons. The largest absolute Gasteiger partial charge is 0.508 e. The SMILES string of the molecule is COC(=O)O[C@H]1CC[C@H]2[C@@H]3CC[C@H]4CC(=O)C=C[C@@H]4[C@H]3CC[C@]12C. The molecule has 4 rings (SSSR count). The third-order valence-corrected chi connectivity index (χ3v) is 7.69. The molecule has 0 spiro atoms. The van der Waals surface area contributed by atoms with Gasteiger partial charge in [-0.05, 0) is 74.2 Å². The Kier molecular flexibility index (Phi) is 3.97. The molecule has 0 amide bonds. The molecule has 0 saturated heterocycles. The van der Waals surface area contributed by atoms with Crippen molar-refractivity contribution in [1.29, 1.82) is 0 Å². The predicted octanol–water partition coefficient (Wildman–Crippen LogP) is 4.14. The van der Waals surface area contributed by atoms with E-state index < -0.39 is 6.16 Å². The van der Waals surface area contributed by atoms with Crippen molar-refractivity contribution in [1.82, 2.24) is 0 Å². The van der Waals surface area contributed by atoms with E-state index in [9.17, 15) is 9.59 Å². The zero-order valence-corrected chi connectivity index (χ0v) is 14.7. The lowest BCUT2D eigenvalue weighted by molar-refractivity contribution is -0.118. The summed E-state index contributed by atoms with van der Waals surface area (Å²) < 4.78 is 10.3. The highest BCUT2D eigenvalue weighted by Crippen LogP contribution is 2.62. The van der Waals surface area contributed by atoms with E-state index in [0.717, 1.165) is 25.7 Å². The molecule has 132 valence electrons. The van der Waals surface area contributed by atoms with Crippen molar-refractivity contribution < 1.29 is 19.1 Å². The molecular formula is C20H28O4. The molecule has 4 aliphatic rings. The molecule has 7 atom stereocenters. The van der Waals surface area contributed by atoms with Crippen molar-refractivity contribution >= 4 is 11.9 Å². The molecular weight excluding hydrogens is 304 g/mol. The number of hydrogen-bond donors (Lipinski definition) is 0. The number of hydrogen-bond acceptors (Lipinski definition) is 4. The van der Waals surface area contributed by atoms with E-state index in [1.807, 2.05) is 6.08 Å². The fourth-order valence-corrected chi connectivity index (χ4v) is 6.55. The van der Waals surface area contributed by atoms with Gasteiger partial charge in [-0.25, -0.2) is 4.79 Å². The zero-order chi connectivity index (χ0) is 16.9. The van der Waals surface area contributed by atoms with Gasteiger partial charge in [0, 0.05) is 11.8 Å². The van der Waals surface area contributed by atoms with Crippen LogP contribution in [0.15, 0.2) is 12.2 Å². The molecule has 4 heteroatoms. The van der Waals surface area contributed by atoms with Gasteiger partial charge in [0.15, 0.2) is 5.78 Å².